The van der Waals surface area contributed by atoms with E-state index in [1.54, 1.807) is 0 Å². The number of nitrogens with zero attached hydrogens (tertiary/aromatic N) is 3. The van der Waals surface area contributed by atoms with E-state index in [2.05, 4.69) is 60.9 Å². The van der Waals surface area contributed by atoms with Crippen molar-refractivity contribution in [2.75, 3.05) is 31.1 Å². The third-order valence-corrected chi connectivity index (χ3v) is 4.15. The molecule has 1 aliphatic heterocycles. The molecule has 0 saturated carbocycles. The first kappa shape index (κ1) is 14.9. The lowest BCUT2D eigenvalue weighted by atomic mass is 9.87. The van der Waals surface area contributed by atoms with Gasteiger partial charge in [0.25, 0.3) is 0 Å². The molecule has 1 fully saturated rings. The van der Waals surface area contributed by atoms with Gasteiger partial charge in [0.2, 0.25) is 0 Å². The van der Waals surface area contributed by atoms with Crippen LogP contribution in [0, 0.1) is 11.3 Å². The summed E-state index contributed by atoms with van der Waals surface area (Å²) in [5.41, 5.74) is 2.87. The number of rotatable bonds is 2. The minimum absolute atomic E-state index is 0.0282. The topological polar surface area (TPSA) is 30.3 Å². The van der Waals surface area contributed by atoms with Crippen molar-refractivity contribution in [1.29, 1.82) is 5.26 Å². The van der Waals surface area contributed by atoms with Crippen LogP contribution in [0.3, 0.4) is 0 Å². The molecular formula is C17H25N3. The smallest absolute Gasteiger partial charge is 0.0950 e. The van der Waals surface area contributed by atoms with Crippen molar-refractivity contribution in [3.8, 4) is 6.07 Å². The summed E-state index contributed by atoms with van der Waals surface area (Å²) >= 11 is 0. The second-order valence-electron chi connectivity index (χ2n) is 6.62. The maximum atomic E-state index is 8.97. The van der Waals surface area contributed by atoms with Gasteiger partial charge in [0.1, 0.15) is 0 Å². The van der Waals surface area contributed by atoms with E-state index in [1.807, 2.05) is 6.92 Å². The lowest BCUT2D eigenvalue weighted by Gasteiger charge is -2.37. The average molecular weight is 271 g/mol. The van der Waals surface area contributed by atoms with Crippen LogP contribution in [0.4, 0.5) is 5.69 Å². The van der Waals surface area contributed by atoms with E-state index in [9.17, 15) is 0 Å². The number of piperazine rings is 1. The summed E-state index contributed by atoms with van der Waals surface area (Å²) in [6, 6.07) is 11.3. The molecule has 0 bridgehead atoms. The highest BCUT2D eigenvalue weighted by atomic mass is 15.3. The van der Waals surface area contributed by atoms with Crippen molar-refractivity contribution < 1.29 is 0 Å². The Morgan fingerprint density at radius 3 is 2.05 bits per heavy atom. The highest BCUT2D eigenvalue weighted by Crippen LogP contribution is 2.25. The summed E-state index contributed by atoms with van der Waals surface area (Å²) in [4.78, 5) is 4.66. The Morgan fingerprint density at radius 1 is 1.05 bits per heavy atom. The first-order valence-electron chi connectivity index (χ1n) is 7.41. The van der Waals surface area contributed by atoms with Gasteiger partial charge in [-0.1, -0.05) is 32.9 Å². The molecule has 1 atom stereocenters. The Hall–Kier alpha value is -1.53. The summed E-state index contributed by atoms with van der Waals surface area (Å²) < 4.78 is 0. The SMILES string of the molecule is CC(C#N)N1CCN(c2ccc(C(C)(C)C)cc2)CC1. The van der Waals surface area contributed by atoms with Crippen LogP contribution in [-0.4, -0.2) is 37.1 Å². The Kier molecular flexibility index (Phi) is 4.35. The Bertz CT molecular complexity index is 470. The molecule has 2 rings (SSSR count). The quantitative estimate of drug-likeness (QED) is 0.828. The Labute approximate surface area is 122 Å². The van der Waals surface area contributed by atoms with Crippen LogP contribution in [0.15, 0.2) is 24.3 Å². The first-order valence-corrected chi connectivity index (χ1v) is 7.41. The third kappa shape index (κ3) is 3.32. The number of hydrogen-bond acceptors (Lipinski definition) is 3. The second kappa shape index (κ2) is 5.85. The van der Waals surface area contributed by atoms with E-state index >= 15 is 0 Å². The molecule has 1 aliphatic rings. The van der Waals surface area contributed by atoms with Gasteiger partial charge in [-0.2, -0.15) is 5.26 Å². The molecule has 0 aliphatic carbocycles. The number of hydrogen-bond donors (Lipinski definition) is 0. The average Bonchev–Trinajstić information content (AvgIpc) is 2.46. The molecule has 0 amide bonds. The van der Waals surface area contributed by atoms with Gasteiger partial charge >= 0.3 is 0 Å². The third-order valence-electron chi connectivity index (χ3n) is 4.15. The predicted molar refractivity (Wildman–Crippen MR) is 84.0 cm³/mol. The fraction of sp³-hybridized carbons (Fsp3) is 0.588. The molecule has 3 nitrogen and oxygen atoms in total. The highest BCUT2D eigenvalue weighted by Gasteiger charge is 2.21. The van der Waals surface area contributed by atoms with Crippen LogP contribution in [0.2, 0.25) is 0 Å². The molecule has 0 N–H and O–H groups in total. The lowest BCUT2D eigenvalue weighted by molar-refractivity contribution is 0.231. The van der Waals surface area contributed by atoms with Gasteiger partial charge in [-0.3, -0.25) is 4.90 Å². The Morgan fingerprint density at radius 2 is 1.60 bits per heavy atom. The van der Waals surface area contributed by atoms with E-state index in [-0.39, 0.29) is 11.5 Å². The standard InChI is InChI=1S/C17H25N3/c1-14(13-18)19-9-11-20(12-10-19)16-7-5-15(6-8-16)17(2,3)4/h5-8,14H,9-12H2,1-4H3. The van der Waals surface area contributed by atoms with E-state index in [1.165, 1.54) is 11.3 Å². The molecule has 1 heterocycles. The number of nitriles is 1. The molecule has 1 unspecified atom stereocenters. The van der Waals surface area contributed by atoms with Gasteiger partial charge < -0.3 is 4.90 Å². The molecule has 0 aromatic heterocycles. The highest BCUT2D eigenvalue weighted by molar-refractivity contribution is 5.49. The van der Waals surface area contributed by atoms with Gasteiger partial charge in [-0.05, 0) is 30.0 Å². The van der Waals surface area contributed by atoms with Crippen molar-refractivity contribution in [2.45, 2.75) is 39.2 Å². The molecule has 0 spiro atoms. The maximum Gasteiger partial charge on any atom is 0.0950 e. The minimum Gasteiger partial charge on any atom is -0.369 e. The zero-order chi connectivity index (χ0) is 14.8. The van der Waals surface area contributed by atoms with Crippen LogP contribution < -0.4 is 4.90 Å². The van der Waals surface area contributed by atoms with E-state index < -0.39 is 0 Å². The number of benzene rings is 1. The van der Waals surface area contributed by atoms with Gasteiger partial charge in [0, 0.05) is 31.9 Å². The minimum atomic E-state index is 0.0282. The molecule has 1 saturated heterocycles. The monoisotopic (exact) mass is 271 g/mol. The van der Waals surface area contributed by atoms with Crippen molar-refractivity contribution >= 4 is 5.69 Å². The van der Waals surface area contributed by atoms with Crippen LogP contribution >= 0.6 is 0 Å². The summed E-state index contributed by atoms with van der Waals surface area (Å²) in [7, 11) is 0. The van der Waals surface area contributed by atoms with E-state index in [4.69, 9.17) is 5.26 Å². The summed E-state index contributed by atoms with van der Waals surface area (Å²) in [5.74, 6) is 0. The largest absolute Gasteiger partial charge is 0.369 e. The molecule has 1 aromatic carbocycles. The summed E-state index contributed by atoms with van der Waals surface area (Å²) in [6.07, 6.45) is 0. The van der Waals surface area contributed by atoms with Crippen molar-refractivity contribution in [3.63, 3.8) is 0 Å². The van der Waals surface area contributed by atoms with Gasteiger partial charge in [-0.25, -0.2) is 0 Å². The van der Waals surface area contributed by atoms with E-state index in [0.717, 1.165) is 26.2 Å². The first-order chi connectivity index (χ1) is 9.41. The fourth-order valence-corrected chi connectivity index (χ4v) is 2.62. The van der Waals surface area contributed by atoms with Gasteiger partial charge in [-0.15, -0.1) is 0 Å². The molecule has 1 aromatic rings. The lowest BCUT2D eigenvalue weighted by Crippen LogP contribution is -2.49. The van der Waals surface area contributed by atoms with Crippen LogP contribution in [0.25, 0.3) is 0 Å². The normalized spacial score (nSPS) is 18.6. The van der Waals surface area contributed by atoms with Gasteiger partial charge in [0.15, 0.2) is 0 Å². The molecule has 0 radical (unpaired) electrons. The van der Waals surface area contributed by atoms with Crippen molar-refractivity contribution in [2.24, 2.45) is 0 Å². The number of anilines is 1. The van der Waals surface area contributed by atoms with Crippen molar-refractivity contribution in [1.82, 2.24) is 4.90 Å². The van der Waals surface area contributed by atoms with E-state index in [0.29, 0.717) is 0 Å². The van der Waals surface area contributed by atoms with Crippen LogP contribution in [-0.2, 0) is 5.41 Å². The van der Waals surface area contributed by atoms with Crippen LogP contribution in [0.1, 0.15) is 33.3 Å². The molecular weight excluding hydrogens is 246 g/mol. The Balaban J connectivity index is 1.99. The molecule has 3 heteroatoms. The van der Waals surface area contributed by atoms with Gasteiger partial charge in [0.05, 0.1) is 12.1 Å². The van der Waals surface area contributed by atoms with Crippen molar-refractivity contribution in [3.05, 3.63) is 29.8 Å². The summed E-state index contributed by atoms with van der Waals surface area (Å²) in [5, 5.41) is 8.97. The summed E-state index contributed by atoms with van der Waals surface area (Å²) in [6.45, 7) is 12.6. The molecule has 108 valence electrons. The maximum absolute atomic E-state index is 8.97. The van der Waals surface area contributed by atoms with Crippen LogP contribution in [0.5, 0.6) is 0 Å². The molecule has 20 heavy (non-hydrogen) atoms. The predicted octanol–water partition coefficient (Wildman–Crippen LogP) is 3.02. The zero-order valence-corrected chi connectivity index (χ0v) is 13.1. The second-order valence-corrected chi connectivity index (χ2v) is 6.62. The zero-order valence-electron chi connectivity index (χ0n) is 13.1. The fourth-order valence-electron chi connectivity index (χ4n) is 2.62.